The standard InChI is InChI=1S/C19H24N2O3/c1-12-6-5-7-14(10-12)11-20-17(22)13(2)21-18(23)15-8-3-4-9-16(15)19(21)24/h5-7,10,13,15-16H,3-4,8-9,11H2,1-2H3,(H,20,22). The van der Waals surface area contributed by atoms with Gasteiger partial charge < -0.3 is 5.32 Å². The largest absolute Gasteiger partial charge is 0.350 e. The van der Waals surface area contributed by atoms with Gasteiger partial charge in [0.05, 0.1) is 11.8 Å². The molecule has 5 heteroatoms. The van der Waals surface area contributed by atoms with Crippen LogP contribution in [0.3, 0.4) is 0 Å². The van der Waals surface area contributed by atoms with Gasteiger partial charge in [0.1, 0.15) is 6.04 Å². The van der Waals surface area contributed by atoms with Crippen molar-refractivity contribution >= 4 is 17.7 Å². The van der Waals surface area contributed by atoms with Crippen molar-refractivity contribution in [3.8, 4) is 0 Å². The topological polar surface area (TPSA) is 66.5 Å². The molecule has 1 heterocycles. The van der Waals surface area contributed by atoms with Crippen LogP contribution in [0.4, 0.5) is 0 Å². The first kappa shape index (κ1) is 16.7. The predicted octanol–water partition coefficient (Wildman–Crippen LogP) is 2.17. The highest BCUT2D eigenvalue weighted by molar-refractivity contribution is 6.08. The lowest BCUT2D eigenvalue weighted by molar-refractivity contribution is -0.147. The van der Waals surface area contributed by atoms with Gasteiger partial charge in [-0.3, -0.25) is 19.3 Å². The molecule has 1 N–H and O–H groups in total. The molecular formula is C19H24N2O3. The average Bonchev–Trinajstić information content (AvgIpc) is 2.84. The first-order valence-electron chi connectivity index (χ1n) is 8.69. The molecule has 3 amide bonds. The van der Waals surface area contributed by atoms with Crippen LogP contribution in [0.5, 0.6) is 0 Å². The van der Waals surface area contributed by atoms with Crippen molar-refractivity contribution in [3.63, 3.8) is 0 Å². The van der Waals surface area contributed by atoms with Crippen molar-refractivity contribution < 1.29 is 14.4 Å². The molecule has 0 radical (unpaired) electrons. The molecule has 1 saturated carbocycles. The van der Waals surface area contributed by atoms with E-state index in [1.807, 2.05) is 31.2 Å². The Morgan fingerprint density at radius 1 is 1.21 bits per heavy atom. The maximum absolute atomic E-state index is 12.5. The van der Waals surface area contributed by atoms with E-state index in [0.29, 0.717) is 6.54 Å². The molecule has 1 aromatic rings. The Morgan fingerprint density at radius 2 is 1.83 bits per heavy atom. The highest BCUT2D eigenvalue weighted by atomic mass is 16.2. The van der Waals surface area contributed by atoms with Crippen LogP contribution in [0.2, 0.25) is 0 Å². The van der Waals surface area contributed by atoms with Gasteiger partial charge in [0, 0.05) is 6.54 Å². The highest BCUT2D eigenvalue weighted by Crippen LogP contribution is 2.38. The van der Waals surface area contributed by atoms with E-state index in [2.05, 4.69) is 5.32 Å². The molecule has 0 spiro atoms. The Hall–Kier alpha value is -2.17. The fourth-order valence-electron chi connectivity index (χ4n) is 3.85. The number of aryl methyl sites for hydroxylation is 1. The van der Waals surface area contributed by atoms with E-state index in [9.17, 15) is 14.4 Å². The van der Waals surface area contributed by atoms with Crippen molar-refractivity contribution in [2.75, 3.05) is 0 Å². The van der Waals surface area contributed by atoms with E-state index in [-0.39, 0.29) is 29.6 Å². The quantitative estimate of drug-likeness (QED) is 0.862. The van der Waals surface area contributed by atoms with Crippen molar-refractivity contribution in [2.24, 2.45) is 11.8 Å². The minimum absolute atomic E-state index is 0.164. The summed E-state index contributed by atoms with van der Waals surface area (Å²) in [5.74, 6) is -1.03. The van der Waals surface area contributed by atoms with Crippen LogP contribution in [0.1, 0.15) is 43.7 Å². The molecule has 1 aromatic carbocycles. The minimum Gasteiger partial charge on any atom is -0.350 e. The number of hydrogen-bond acceptors (Lipinski definition) is 3. The number of nitrogens with one attached hydrogen (secondary N) is 1. The number of fused-ring (bicyclic) bond motifs is 1. The molecule has 3 rings (SSSR count). The van der Waals surface area contributed by atoms with Crippen LogP contribution < -0.4 is 5.32 Å². The summed E-state index contributed by atoms with van der Waals surface area (Å²) in [6.07, 6.45) is 3.51. The van der Waals surface area contributed by atoms with Gasteiger partial charge in [0.2, 0.25) is 17.7 Å². The van der Waals surface area contributed by atoms with Gasteiger partial charge in [-0.1, -0.05) is 42.7 Å². The Balaban J connectivity index is 1.65. The summed E-state index contributed by atoms with van der Waals surface area (Å²) in [6.45, 7) is 4.03. The lowest BCUT2D eigenvalue weighted by atomic mass is 9.81. The average molecular weight is 328 g/mol. The van der Waals surface area contributed by atoms with Crippen molar-refractivity contribution in [3.05, 3.63) is 35.4 Å². The molecule has 1 aliphatic carbocycles. The molecular weight excluding hydrogens is 304 g/mol. The zero-order chi connectivity index (χ0) is 17.3. The van der Waals surface area contributed by atoms with E-state index in [0.717, 1.165) is 36.8 Å². The molecule has 2 fully saturated rings. The molecule has 24 heavy (non-hydrogen) atoms. The zero-order valence-electron chi connectivity index (χ0n) is 14.2. The Bertz CT molecular complexity index is 646. The Kier molecular flexibility index (Phi) is 4.69. The van der Waals surface area contributed by atoms with Crippen LogP contribution in [0.15, 0.2) is 24.3 Å². The zero-order valence-corrected chi connectivity index (χ0v) is 14.2. The van der Waals surface area contributed by atoms with E-state index < -0.39 is 6.04 Å². The molecule has 3 atom stereocenters. The molecule has 5 nitrogen and oxygen atoms in total. The van der Waals surface area contributed by atoms with Crippen LogP contribution in [0, 0.1) is 18.8 Å². The van der Waals surface area contributed by atoms with Crippen molar-refractivity contribution in [2.45, 2.75) is 52.1 Å². The van der Waals surface area contributed by atoms with Crippen LogP contribution in [-0.4, -0.2) is 28.7 Å². The summed E-state index contributed by atoms with van der Waals surface area (Å²) < 4.78 is 0. The number of amides is 3. The lowest BCUT2D eigenvalue weighted by Gasteiger charge is -2.22. The van der Waals surface area contributed by atoms with Crippen molar-refractivity contribution in [1.82, 2.24) is 10.2 Å². The Morgan fingerprint density at radius 3 is 2.42 bits per heavy atom. The molecule has 0 aromatic heterocycles. The minimum atomic E-state index is -0.750. The summed E-state index contributed by atoms with van der Waals surface area (Å²) in [6, 6.07) is 7.14. The maximum atomic E-state index is 12.5. The lowest BCUT2D eigenvalue weighted by Crippen LogP contribution is -2.48. The third-order valence-corrected chi connectivity index (χ3v) is 5.19. The summed E-state index contributed by atoms with van der Waals surface area (Å²) >= 11 is 0. The van der Waals surface area contributed by atoms with Gasteiger partial charge in [-0.25, -0.2) is 0 Å². The van der Waals surface area contributed by atoms with Crippen LogP contribution >= 0.6 is 0 Å². The van der Waals surface area contributed by atoms with Crippen LogP contribution in [-0.2, 0) is 20.9 Å². The third-order valence-electron chi connectivity index (χ3n) is 5.19. The normalized spacial score (nSPS) is 24.7. The second kappa shape index (κ2) is 6.75. The molecule has 0 bridgehead atoms. The number of imide groups is 1. The SMILES string of the molecule is Cc1cccc(CNC(=O)C(C)N2C(=O)C3CCCCC3C2=O)c1. The van der Waals surface area contributed by atoms with Crippen molar-refractivity contribution in [1.29, 1.82) is 0 Å². The van der Waals surface area contributed by atoms with E-state index >= 15 is 0 Å². The monoisotopic (exact) mass is 328 g/mol. The maximum Gasteiger partial charge on any atom is 0.243 e. The molecule has 128 valence electrons. The first-order chi connectivity index (χ1) is 11.5. The summed E-state index contributed by atoms with van der Waals surface area (Å²) in [5, 5.41) is 2.84. The smallest absolute Gasteiger partial charge is 0.243 e. The van der Waals surface area contributed by atoms with Gasteiger partial charge >= 0.3 is 0 Å². The van der Waals surface area contributed by atoms with Gasteiger partial charge in [0.15, 0.2) is 0 Å². The second-order valence-electron chi connectivity index (χ2n) is 6.93. The van der Waals surface area contributed by atoms with Gasteiger partial charge in [-0.2, -0.15) is 0 Å². The number of carbonyl (C=O) groups is 3. The summed E-state index contributed by atoms with van der Waals surface area (Å²) in [7, 11) is 0. The Labute approximate surface area is 142 Å². The number of likely N-dealkylation sites (tertiary alicyclic amines) is 1. The first-order valence-corrected chi connectivity index (χ1v) is 8.69. The van der Waals surface area contributed by atoms with Crippen LogP contribution in [0.25, 0.3) is 0 Å². The second-order valence-corrected chi connectivity index (χ2v) is 6.93. The predicted molar refractivity (Wildman–Crippen MR) is 89.8 cm³/mol. The number of rotatable bonds is 4. The van der Waals surface area contributed by atoms with Gasteiger partial charge in [-0.15, -0.1) is 0 Å². The van der Waals surface area contributed by atoms with E-state index in [1.54, 1.807) is 6.92 Å². The number of hydrogen-bond donors (Lipinski definition) is 1. The fourth-order valence-corrected chi connectivity index (χ4v) is 3.85. The van der Waals surface area contributed by atoms with Gasteiger partial charge in [-0.05, 0) is 32.3 Å². The third kappa shape index (κ3) is 3.07. The number of carbonyl (C=O) groups excluding carboxylic acids is 3. The van der Waals surface area contributed by atoms with E-state index in [1.165, 1.54) is 4.90 Å². The molecule has 1 aliphatic heterocycles. The molecule has 1 saturated heterocycles. The summed E-state index contributed by atoms with van der Waals surface area (Å²) in [4.78, 5) is 38.7. The number of benzene rings is 1. The number of nitrogens with zero attached hydrogens (tertiary/aromatic N) is 1. The fraction of sp³-hybridized carbons (Fsp3) is 0.526. The highest BCUT2D eigenvalue weighted by Gasteiger charge is 2.50. The summed E-state index contributed by atoms with van der Waals surface area (Å²) in [5.41, 5.74) is 2.13. The molecule has 2 aliphatic rings. The van der Waals surface area contributed by atoms with Gasteiger partial charge in [0.25, 0.3) is 0 Å². The van der Waals surface area contributed by atoms with E-state index in [4.69, 9.17) is 0 Å². The molecule has 3 unspecified atom stereocenters.